The molecular weight excluding hydrogens is 302 g/mol. The Morgan fingerprint density at radius 1 is 1.11 bits per heavy atom. The highest BCUT2D eigenvalue weighted by molar-refractivity contribution is 9.10. The number of rotatable bonds is 6. The van der Waals surface area contributed by atoms with Gasteiger partial charge >= 0.3 is 0 Å². The van der Waals surface area contributed by atoms with Crippen LogP contribution in [0.1, 0.15) is 11.1 Å². The molecule has 0 amide bonds. The highest BCUT2D eigenvalue weighted by Gasteiger charge is 1.95. The molecule has 19 heavy (non-hydrogen) atoms. The van der Waals surface area contributed by atoms with Crippen molar-refractivity contribution in [2.45, 2.75) is 13.5 Å². The topological polar surface area (TPSA) is 21.3 Å². The van der Waals surface area contributed by atoms with Crippen LogP contribution in [-0.2, 0) is 6.54 Å². The van der Waals surface area contributed by atoms with Crippen LogP contribution in [0.2, 0.25) is 0 Å². The molecule has 0 saturated carbocycles. The van der Waals surface area contributed by atoms with Crippen molar-refractivity contribution in [1.82, 2.24) is 5.32 Å². The van der Waals surface area contributed by atoms with Crippen molar-refractivity contribution in [3.63, 3.8) is 0 Å². The van der Waals surface area contributed by atoms with E-state index in [-0.39, 0.29) is 0 Å². The molecule has 0 saturated heterocycles. The second-order valence-electron chi connectivity index (χ2n) is 4.47. The van der Waals surface area contributed by atoms with E-state index < -0.39 is 0 Å². The van der Waals surface area contributed by atoms with Gasteiger partial charge in [0.2, 0.25) is 0 Å². The lowest BCUT2D eigenvalue weighted by molar-refractivity contribution is 0.313. The normalized spacial score (nSPS) is 10.4. The third kappa shape index (κ3) is 5.05. The Labute approximate surface area is 122 Å². The minimum Gasteiger partial charge on any atom is -0.492 e. The summed E-state index contributed by atoms with van der Waals surface area (Å²) in [4.78, 5) is 0. The lowest BCUT2D eigenvalue weighted by Crippen LogP contribution is -2.20. The summed E-state index contributed by atoms with van der Waals surface area (Å²) in [6.07, 6.45) is 0. The first-order chi connectivity index (χ1) is 9.24. The lowest BCUT2D eigenvalue weighted by Gasteiger charge is -2.08. The van der Waals surface area contributed by atoms with Gasteiger partial charge in [0.15, 0.2) is 0 Å². The van der Waals surface area contributed by atoms with Crippen LogP contribution in [0.3, 0.4) is 0 Å². The molecule has 0 unspecified atom stereocenters. The van der Waals surface area contributed by atoms with E-state index >= 15 is 0 Å². The SMILES string of the molecule is Cc1cccc(CNCCOc2cccc(Br)c2)c1. The van der Waals surface area contributed by atoms with Gasteiger partial charge in [-0.2, -0.15) is 0 Å². The summed E-state index contributed by atoms with van der Waals surface area (Å²) in [6, 6.07) is 16.4. The highest BCUT2D eigenvalue weighted by atomic mass is 79.9. The largest absolute Gasteiger partial charge is 0.492 e. The predicted molar refractivity (Wildman–Crippen MR) is 82.5 cm³/mol. The van der Waals surface area contributed by atoms with E-state index in [0.717, 1.165) is 23.3 Å². The molecule has 0 fully saturated rings. The maximum atomic E-state index is 5.66. The second kappa shape index (κ2) is 7.31. The van der Waals surface area contributed by atoms with Gasteiger partial charge in [0, 0.05) is 17.6 Å². The molecule has 0 bridgehead atoms. The van der Waals surface area contributed by atoms with Gasteiger partial charge < -0.3 is 10.1 Å². The van der Waals surface area contributed by atoms with E-state index in [1.807, 2.05) is 24.3 Å². The molecule has 0 aliphatic carbocycles. The molecule has 0 radical (unpaired) electrons. The molecule has 0 aliphatic rings. The van der Waals surface area contributed by atoms with Gasteiger partial charge in [-0.1, -0.05) is 51.8 Å². The fraction of sp³-hybridized carbons (Fsp3) is 0.250. The molecule has 1 N–H and O–H groups in total. The predicted octanol–water partition coefficient (Wildman–Crippen LogP) is 3.93. The summed E-state index contributed by atoms with van der Waals surface area (Å²) < 4.78 is 6.70. The van der Waals surface area contributed by atoms with E-state index in [4.69, 9.17) is 4.74 Å². The zero-order chi connectivity index (χ0) is 13.5. The zero-order valence-electron chi connectivity index (χ0n) is 11.0. The monoisotopic (exact) mass is 319 g/mol. The first-order valence-electron chi connectivity index (χ1n) is 6.39. The molecule has 0 aromatic heterocycles. The van der Waals surface area contributed by atoms with Gasteiger partial charge in [-0.15, -0.1) is 0 Å². The number of benzene rings is 2. The quantitative estimate of drug-likeness (QED) is 0.815. The standard InChI is InChI=1S/C16H18BrNO/c1-13-4-2-5-14(10-13)12-18-8-9-19-16-7-3-6-15(17)11-16/h2-7,10-11,18H,8-9,12H2,1H3. The van der Waals surface area contributed by atoms with Crippen LogP contribution in [0.4, 0.5) is 0 Å². The van der Waals surface area contributed by atoms with Gasteiger partial charge in [0.25, 0.3) is 0 Å². The summed E-state index contributed by atoms with van der Waals surface area (Å²) in [6.45, 7) is 4.49. The number of ether oxygens (including phenoxy) is 1. The Morgan fingerprint density at radius 3 is 2.74 bits per heavy atom. The van der Waals surface area contributed by atoms with Crippen LogP contribution in [0.25, 0.3) is 0 Å². The van der Waals surface area contributed by atoms with Gasteiger partial charge in [0.05, 0.1) is 0 Å². The zero-order valence-corrected chi connectivity index (χ0v) is 12.6. The lowest BCUT2D eigenvalue weighted by atomic mass is 10.1. The first-order valence-corrected chi connectivity index (χ1v) is 7.18. The van der Waals surface area contributed by atoms with E-state index in [2.05, 4.69) is 52.4 Å². The van der Waals surface area contributed by atoms with Gasteiger partial charge in [0.1, 0.15) is 12.4 Å². The van der Waals surface area contributed by atoms with E-state index in [1.165, 1.54) is 11.1 Å². The van der Waals surface area contributed by atoms with Crippen molar-refractivity contribution in [1.29, 1.82) is 0 Å². The first kappa shape index (κ1) is 14.1. The molecule has 2 aromatic carbocycles. The van der Waals surface area contributed by atoms with Gasteiger partial charge in [-0.25, -0.2) is 0 Å². The Kier molecular flexibility index (Phi) is 5.43. The maximum absolute atomic E-state index is 5.66. The maximum Gasteiger partial charge on any atom is 0.120 e. The Bertz CT molecular complexity index is 480. The van der Waals surface area contributed by atoms with Gasteiger partial charge in [-0.05, 0) is 30.7 Å². The highest BCUT2D eigenvalue weighted by Crippen LogP contribution is 2.17. The molecule has 0 spiro atoms. The second-order valence-corrected chi connectivity index (χ2v) is 5.39. The van der Waals surface area contributed by atoms with Crippen molar-refractivity contribution in [3.05, 3.63) is 64.1 Å². The molecular formula is C16H18BrNO. The van der Waals surface area contributed by atoms with Crippen LogP contribution >= 0.6 is 15.9 Å². The van der Waals surface area contributed by atoms with Crippen LogP contribution in [0.15, 0.2) is 53.0 Å². The van der Waals surface area contributed by atoms with Crippen molar-refractivity contribution in [2.75, 3.05) is 13.2 Å². The van der Waals surface area contributed by atoms with Crippen molar-refractivity contribution < 1.29 is 4.74 Å². The summed E-state index contributed by atoms with van der Waals surface area (Å²) in [7, 11) is 0. The van der Waals surface area contributed by atoms with Crippen molar-refractivity contribution >= 4 is 15.9 Å². The molecule has 0 atom stereocenters. The average molecular weight is 320 g/mol. The Morgan fingerprint density at radius 2 is 1.95 bits per heavy atom. The number of nitrogens with one attached hydrogen (secondary N) is 1. The van der Waals surface area contributed by atoms with Crippen molar-refractivity contribution in [3.8, 4) is 5.75 Å². The summed E-state index contributed by atoms with van der Waals surface area (Å²) in [5.41, 5.74) is 2.60. The molecule has 2 rings (SSSR count). The Balaban J connectivity index is 1.67. The molecule has 2 aromatic rings. The minimum atomic E-state index is 0.669. The smallest absolute Gasteiger partial charge is 0.120 e. The van der Waals surface area contributed by atoms with E-state index in [1.54, 1.807) is 0 Å². The van der Waals surface area contributed by atoms with Gasteiger partial charge in [-0.3, -0.25) is 0 Å². The van der Waals surface area contributed by atoms with Crippen LogP contribution in [0, 0.1) is 6.92 Å². The summed E-state index contributed by atoms with van der Waals surface area (Å²) in [5, 5.41) is 3.38. The number of halogens is 1. The Hall–Kier alpha value is -1.32. The summed E-state index contributed by atoms with van der Waals surface area (Å²) in [5.74, 6) is 0.895. The number of hydrogen-bond donors (Lipinski definition) is 1. The number of hydrogen-bond acceptors (Lipinski definition) is 2. The van der Waals surface area contributed by atoms with Crippen LogP contribution in [0.5, 0.6) is 5.75 Å². The molecule has 2 nitrogen and oxygen atoms in total. The minimum absolute atomic E-state index is 0.669. The molecule has 100 valence electrons. The molecule has 0 heterocycles. The number of aryl methyl sites for hydroxylation is 1. The average Bonchev–Trinajstić information content (AvgIpc) is 2.38. The third-order valence-corrected chi connectivity index (χ3v) is 3.25. The van der Waals surface area contributed by atoms with Crippen LogP contribution in [-0.4, -0.2) is 13.2 Å². The van der Waals surface area contributed by atoms with E-state index in [0.29, 0.717) is 6.61 Å². The fourth-order valence-electron chi connectivity index (χ4n) is 1.85. The third-order valence-electron chi connectivity index (χ3n) is 2.76. The summed E-state index contributed by atoms with van der Waals surface area (Å²) >= 11 is 3.43. The van der Waals surface area contributed by atoms with Crippen molar-refractivity contribution in [2.24, 2.45) is 0 Å². The molecule has 3 heteroatoms. The fourth-order valence-corrected chi connectivity index (χ4v) is 2.23. The van der Waals surface area contributed by atoms with E-state index in [9.17, 15) is 0 Å². The molecule has 0 aliphatic heterocycles. The van der Waals surface area contributed by atoms with Crippen LogP contribution < -0.4 is 10.1 Å².